The molecule has 2 aromatic rings. The summed E-state index contributed by atoms with van der Waals surface area (Å²) in [5.74, 6) is -1.27. The first kappa shape index (κ1) is 15.1. The maximum atomic E-state index is 12.0. The molecule has 0 unspecified atom stereocenters. The molecular weight excluding hydrogens is 336 g/mol. The Morgan fingerprint density at radius 2 is 1.90 bits per heavy atom. The van der Waals surface area contributed by atoms with E-state index in [-0.39, 0.29) is 18.0 Å². The molecule has 2 rings (SSSR count). The summed E-state index contributed by atoms with van der Waals surface area (Å²) in [5.41, 5.74) is 7.51. The van der Waals surface area contributed by atoms with E-state index >= 15 is 0 Å². The first-order valence-corrected chi connectivity index (χ1v) is 6.91. The van der Waals surface area contributed by atoms with E-state index < -0.39 is 5.97 Å². The number of anilines is 1. The van der Waals surface area contributed by atoms with Crippen molar-refractivity contribution in [2.45, 2.75) is 6.54 Å². The normalized spacial score (nSPS) is 10.1. The summed E-state index contributed by atoms with van der Waals surface area (Å²) in [6, 6.07) is 11.4. The van der Waals surface area contributed by atoms with Crippen LogP contribution < -0.4 is 11.1 Å². The molecule has 0 aliphatic heterocycles. The lowest BCUT2D eigenvalue weighted by molar-refractivity contribution is 0.0696. The van der Waals surface area contributed by atoms with Crippen molar-refractivity contribution in [2.75, 3.05) is 5.73 Å². The number of carbonyl (C=O) groups excluding carboxylic acids is 1. The van der Waals surface area contributed by atoms with E-state index in [2.05, 4.69) is 21.2 Å². The highest BCUT2D eigenvalue weighted by atomic mass is 79.9. The molecule has 5 nitrogen and oxygen atoms in total. The van der Waals surface area contributed by atoms with Crippen molar-refractivity contribution in [1.82, 2.24) is 5.32 Å². The van der Waals surface area contributed by atoms with Crippen LogP contribution in [-0.2, 0) is 6.54 Å². The smallest absolute Gasteiger partial charge is 0.335 e. The number of halogens is 1. The van der Waals surface area contributed by atoms with Crippen molar-refractivity contribution >= 4 is 33.5 Å². The van der Waals surface area contributed by atoms with E-state index in [9.17, 15) is 9.59 Å². The highest BCUT2D eigenvalue weighted by Crippen LogP contribution is 2.17. The van der Waals surface area contributed by atoms with Gasteiger partial charge < -0.3 is 16.2 Å². The number of nitrogens with one attached hydrogen (secondary N) is 1. The first-order chi connectivity index (χ1) is 9.95. The molecule has 0 aliphatic carbocycles. The number of benzene rings is 2. The number of aromatic carboxylic acids is 1. The standard InChI is InChI=1S/C15H13BrN2O3/c16-12-5-11(6-13(17)7-12)14(19)18-8-9-2-1-3-10(4-9)15(20)21/h1-7H,8,17H2,(H,18,19)(H,20,21). The minimum Gasteiger partial charge on any atom is -0.478 e. The lowest BCUT2D eigenvalue weighted by Gasteiger charge is -2.07. The Balaban J connectivity index is 2.07. The molecule has 6 heteroatoms. The third kappa shape index (κ3) is 4.06. The minimum atomic E-state index is -0.997. The van der Waals surface area contributed by atoms with Gasteiger partial charge in [-0.3, -0.25) is 4.79 Å². The van der Waals surface area contributed by atoms with Crippen LogP contribution in [0.1, 0.15) is 26.3 Å². The van der Waals surface area contributed by atoms with Gasteiger partial charge in [-0.25, -0.2) is 4.79 Å². The zero-order valence-electron chi connectivity index (χ0n) is 11.0. The van der Waals surface area contributed by atoms with Crippen LogP contribution in [0.5, 0.6) is 0 Å². The zero-order chi connectivity index (χ0) is 15.4. The summed E-state index contributed by atoms with van der Waals surface area (Å²) in [6.45, 7) is 0.242. The number of hydrogen-bond donors (Lipinski definition) is 3. The van der Waals surface area contributed by atoms with E-state index in [0.717, 1.165) is 4.47 Å². The SMILES string of the molecule is Nc1cc(Br)cc(C(=O)NCc2cccc(C(=O)O)c2)c1. The predicted molar refractivity (Wildman–Crippen MR) is 83.1 cm³/mol. The molecule has 0 fully saturated rings. The van der Waals surface area contributed by atoms with Crippen molar-refractivity contribution in [3.05, 3.63) is 63.6 Å². The average molecular weight is 349 g/mol. The fourth-order valence-corrected chi connectivity index (χ4v) is 2.35. The fraction of sp³-hybridized carbons (Fsp3) is 0.0667. The molecule has 4 N–H and O–H groups in total. The lowest BCUT2D eigenvalue weighted by atomic mass is 10.1. The van der Waals surface area contributed by atoms with Gasteiger partial charge in [0.15, 0.2) is 0 Å². The predicted octanol–water partition coefficient (Wildman–Crippen LogP) is 2.66. The van der Waals surface area contributed by atoms with Crippen LogP contribution in [0.15, 0.2) is 46.9 Å². The molecule has 2 aromatic carbocycles. The van der Waals surface area contributed by atoms with Crippen molar-refractivity contribution in [1.29, 1.82) is 0 Å². The second-order valence-electron chi connectivity index (χ2n) is 4.46. The molecule has 0 saturated heterocycles. The van der Waals surface area contributed by atoms with Crippen LogP contribution in [0.25, 0.3) is 0 Å². The number of carboxylic acid groups (broad SMARTS) is 1. The van der Waals surface area contributed by atoms with Gasteiger partial charge in [0.25, 0.3) is 5.91 Å². The maximum absolute atomic E-state index is 12.0. The summed E-state index contributed by atoms with van der Waals surface area (Å²) in [4.78, 5) is 22.9. The number of carboxylic acids is 1. The summed E-state index contributed by atoms with van der Waals surface area (Å²) < 4.78 is 0.723. The monoisotopic (exact) mass is 348 g/mol. The zero-order valence-corrected chi connectivity index (χ0v) is 12.6. The largest absolute Gasteiger partial charge is 0.478 e. The Morgan fingerprint density at radius 3 is 2.57 bits per heavy atom. The topological polar surface area (TPSA) is 92.4 Å². The summed E-state index contributed by atoms with van der Waals surface area (Å²) in [6.07, 6.45) is 0. The van der Waals surface area contributed by atoms with Gasteiger partial charge in [-0.15, -0.1) is 0 Å². The van der Waals surface area contributed by atoms with Crippen molar-refractivity contribution in [3.63, 3.8) is 0 Å². The maximum Gasteiger partial charge on any atom is 0.335 e. The molecule has 0 aromatic heterocycles. The molecule has 108 valence electrons. The highest BCUT2D eigenvalue weighted by Gasteiger charge is 2.08. The van der Waals surface area contributed by atoms with E-state index in [1.54, 1.807) is 30.3 Å². The fourth-order valence-electron chi connectivity index (χ4n) is 1.84. The van der Waals surface area contributed by atoms with E-state index in [1.165, 1.54) is 12.1 Å². The second-order valence-corrected chi connectivity index (χ2v) is 5.38. The third-order valence-electron chi connectivity index (χ3n) is 2.81. The van der Waals surface area contributed by atoms with Gasteiger partial charge in [-0.2, -0.15) is 0 Å². The molecule has 0 spiro atoms. The molecule has 0 heterocycles. The van der Waals surface area contributed by atoms with Gasteiger partial charge in [0, 0.05) is 22.3 Å². The number of rotatable bonds is 4. The van der Waals surface area contributed by atoms with Crippen LogP contribution in [-0.4, -0.2) is 17.0 Å². The van der Waals surface area contributed by atoms with Crippen LogP contribution in [0, 0.1) is 0 Å². The van der Waals surface area contributed by atoms with Gasteiger partial charge in [-0.05, 0) is 35.9 Å². The lowest BCUT2D eigenvalue weighted by Crippen LogP contribution is -2.23. The Labute approximate surface area is 129 Å². The Kier molecular flexibility index (Phi) is 4.59. The Hall–Kier alpha value is -2.34. The molecule has 21 heavy (non-hydrogen) atoms. The van der Waals surface area contributed by atoms with Gasteiger partial charge in [0.2, 0.25) is 0 Å². The molecule has 0 bridgehead atoms. The molecule has 0 radical (unpaired) electrons. The number of nitrogen functional groups attached to an aromatic ring is 1. The van der Waals surface area contributed by atoms with Crippen molar-refractivity contribution < 1.29 is 14.7 Å². The van der Waals surface area contributed by atoms with Crippen LogP contribution in [0.2, 0.25) is 0 Å². The Morgan fingerprint density at radius 1 is 1.14 bits per heavy atom. The summed E-state index contributed by atoms with van der Waals surface area (Å²) in [5, 5.41) is 11.6. The van der Waals surface area contributed by atoms with Crippen LogP contribution in [0.3, 0.4) is 0 Å². The van der Waals surface area contributed by atoms with Crippen molar-refractivity contribution in [3.8, 4) is 0 Å². The molecule has 0 aliphatic rings. The van der Waals surface area contributed by atoms with Crippen molar-refractivity contribution in [2.24, 2.45) is 0 Å². The molecular formula is C15H13BrN2O3. The van der Waals surface area contributed by atoms with Crippen LogP contribution >= 0.6 is 15.9 Å². The van der Waals surface area contributed by atoms with Crippen LogP contribution in [0.4, 0.5) is 5.69 Å². The van der Waals surface area contributed by atoms with E-state index in [4.69, 9.17) is 10.8 Å². The van der Waals surface area contributed by atoms with Gasteiger partial charge in [0.05, 0.1) is 5.56 Å². The first-order valence-electron chi connectivity index (χ1n) is 6.12. The van der Waals surface area contributed by atoms with E-state index in [1.807, 2.05) is 0 Å². The Bertz CT molecular complexity index is 681. The highest BCUT2D eigenvalue weighted by molar-refractivity contribution is 9.10. The summed E-state index contributed by atoms with van der Waals surface area (Å²) >= 11 is 3.28. The van der Waals surface area contributed by atoms with Gasteiger partial charge in [-0.1, -0.05) is 28.1 Å². The molecule has 1 amide bonds. The quantitative estimate of drug-likeness (QED) is 0.740. The molecule has 0 saturated carbocycles. The summed E-state index contributed by atoms with van der Waals surface area (Å²) in [7, 11) is 0. The third-order valence-corrected chi connectivity index (χ3v) is 3.27. The molecule has 0 atom stereocenters. The van der Waals surface area contributed by atoms with Gasteiger partial charge in [0.1, 0.15) is 0 Å². The minimum absolute atomic E-state index is 0.188. The van der Waals surface area contributed by atoms with Gasteiger partial charge >= 0.3 is 5.97 Å². The number of amides is 1. The second kappa shape index (κ2) is 6.41. The number of nitrogens with two attached hydrogens (primary N) is 1. The van der Waals surface area contributed by atoms with E-state index in [0.29, 0.717) is 16.8 Å². The number of carbonyl (C=O) groups is 2. The number of hydrogen-bond acceptors (Lipinski definition) is 3. The average Bonchev–Trinajstić information content (AvgIpc) is 2.44.